The largest absolute Gasteiger partial charge is 0.478 e. The van der Waals surface area contributed by atoms with Crippen LogP contribution in [-0.4, -0.2) is 23.1 Å². The van der Waals surface area contributed by atoms with Crippen LogP contribution in [0.3, 0.4) is 0 Å². The van der Waals surface area contributed by atoms with Crippen molar-refractivity contribution in [3.8, 4) is 5.88 Å². The van der Waals surface area contributed by atoms with Gasteiger partial charge in [-0.2, -0.15) is 0 Å². The lowest BCUT2D eigenvalue weighted by Gasteiger charge is -2.12. The van der Waals surface area contributed by atoms with Crippen LogP contribution in [0.1, 0.15) is 39.5 Å². The van der Waals surface area contributed by atoms with E-state index in [-0.39, 0.29) is 0 Å². The molecule has 1 fully saturated rings. The standard InChI is InChI=1S/C14H23N3O/c1-3-6-18-14-8-13(16-10-17-14)15-9-12-5-4-11(2)7-12/h8,10-12H,3-7,9H2,1-2H3,(H,15,16,17). The Labute approximate surface area is 109 Å². The molecule has 0 bridgehead atoms. The molecule has 100 valence electrons. The fourth-order valence-electron chi connectivity index (χ4n) is 2.48. The van der Waals surface area contributed by atoms with E-state index in [1.54, 1.807) is 6.33 Å². The first kappa shape index (κ1) is 13.1. The van der Waals surface area contributed by atoms with Crippen LogP contribution in [0.5, 0.6) is 5.88 Å². The highest BCUT2D eigenvalue weighted by Gasteiger charge is 2.20. The summed E-state index contributed by atoms with van der Waals surface area (Å²) in [6.07, 6.45) is 6.58. The molecule has 1 aromatic rings. The van der Waals surface area contributed by atoms with Gasteiger partial charge in [-0.3, -0.25) is 0 Å². The van der Waals surface area contributed by atoms with Crippen molar-refractivity contribution in [2.24, 2.45) is 11.8 Å². The van der Waals surface area contributed by atoms with Gasteiger partial charge in [0.25, 0.3) is 0 Å². The second kappa shape index (κ2) is 6.57. The van der Waals surface area contributed by atoms with Crippen LogP contribution in [0.15, 0.2) is 12.4 Å². The van der Waals surface area contributed by atoms with Crippen molar-refractivity contribution >= 4 is 5.82 Å². The van der Waals surface area contributed by atoms with Gasteiger partial charge >= 0.3 is 0 Å². The predicted octanol–water partition coefficient (Wildman–Crippen LogP) is 3.11. The molecule has 4 nitrogen and oxygen atoms in total. The molecule has 1 saturated carbocycles. The second-order valence-corrected chi connectivity index (χ2v) is 5.26. The molecule has 0 amide bonds. The van der Waals surface area contributed by atoms with Crippen LogP contribution in [0, 0.1) is 11.8 Å². The average molecular weight is 249 g/mol. The van der Waals surface area contributed by atoms with Gasteiger partial charge < -0.3 is 10.1 Å². The van der Waals surface area contributed by atoms with Crippen LogP contribution < -0.4 is 10.1 Å². The van der Waals surface area contributed by atoms with Crippen LogP contribution in [0.4, 0.5) is 5.82 Å². The van der Waals surface area contributed by atoms with E-state index in [0.29, 0.717) is 12.5 Å². The number of ether oxygens (including phenoxy) is 1. The molecule has 1 aliphatic carbocycles. The summed E-state index contributed by atoms with van der Waals surface area (Å²) in [7, 11) is 0. The van der Waals surface area contributed by atoms with Crippen LogP contribution in [0.25, 0.3) is 0 Å². The lowest BCUT2D eigenvalue weighted by Crippen LogP contribution is -2.12. The van der Waals surface area contributed by atoms with Gasteiger partial charge in [-0.15, -0.1) is 0 Å². The third-order valence-corrected chi connectivity index (χ3v) is 3.47. The van der Waals surface area contributed by atoms with Gasteiger partial charge in [-0.05, 0) is 31.1 Å². The lowest BCUT2D eigenvalue weighted by molar-refractivity contribution is 0.305. The predicted molar refractivity (Wildman–Crippen MR) is 72.8 cm³/mol. The van der Waals surface area contributed by atoms with Gasteiger partial charge in [0.15, 0.2) is 0 Å². The quantitative estimate of drug-likeness (QED) is 0.841. The van der Waals surface area contributed by atoms with E-state index >= 15 is 0 Å². The zero-order chi connectivity index (χ0) is 12.8. The normalized spacial score (nSPS) is 23.0. The molecule has 1 N–H and O–H groups in total. The van der Waals surface area contributed by atoms with Crippen molar-refractivity contribution in [3.05, 3.63) is 12.4 Å². The Morgan fingerprint density at radius 3 is 3.00 bits per heavy atom. The fraction of sp³-hybridized carbons (Fsp3) is 0.714. The van der Waals surface area contributed by atoms with Crippen molar-refractivity contribution in [1.29, 1.82) is 0 Å². The van der Waals surface area contributed by atoms with Crippen molar-refractivity contribution < 1.29 is 4.74 Å². The van der Waals surface area contributed by atoms with Crippen LogP contribution in [0.2, 0.25) is 0 Å². The summed E-state index contributed by atoms with van der Waals surface area (Å²) in [6, 6.07) is 1.88. The molecule has 18 heavy (non-hydrogen) atoms. The molecular weight excluding hydrogens is 226 g/mol. The van der Waals surface area contributed by atoms with Gasteiger partial charge in [0, 0.05) is 12.6 Å². The Bertz CT molecular complexity index is 370. The van der Waals surface area contributed by atoms with Crippen LogP contribution >= 0.6 is 0 Å². The zero-order valence-electron chi connectivity index (χ0n) is 11.4. The second-order valence-electron chi connectivity index (χ2n) is 5.26. The van der Waals surface area contributed by atoms with Crippen molar-refractivity contribution in [2.75, 3.05) is 18.5 Å². The molecule has 0 aliphatic heterocycles. The van der Waals surface area contributed by atoms with Crippen molar-refractivity contribution in [3.63, 3.8) is 0 Å². The molecule has 2 rings (SSSR count). The Kier molecular flexibility index (Phi) is 4.79. The maximum Gasteiger partial charge on any atom is 0.218 e. The van der Waals surface area contributed by atoms with E-state index in [1.165, 1.54) is 19.3 Å². The monoisotopic (exact) mass is 249 g/mol. The minimum atomic E-state index is 0.661. The summed E-state index contributed by atoms with van der Waals surface area (Å²) >= 11 is 0. The summed E-state index contributed by atoms with van der Waals surface area (Å²) in [6.45, 7) is 6.13. The molecule has 1 heterocycles. The smallest absolute Gasteiger partial charge is 0.218 e. The van der Waals surface area contributed by atoms with Gasteiger partial charge in [0.2, 0.25) is 5.88 Å². The maximum absolute atomic E-state index is 5.49. The molecule has 0 spiro atoms. The number of rotatable bonds is 6. The highest BCUT2D eigenvalue weighted by molar-refractivity contribution is 5.37. The van der Waals surface area contributed by atoms with Crippen molar-refractivity contribution in [1.82, 2.24) is 9.97 Å². The molecule has 0 saturated heterocycles. The lowest BCUT2D eigenvalue weighted by atomic mass is 10.1. The molecule has 1 aliphatic rings. The maximum atomic E-state index is 5.49. The van der Waals surface area contributed by atoms with E-state index in [9.17, 15) is 0 Å². The first-order chi connectivity index (χ1) is 8.78. The van der Waals surface area contributed by atoms with E-state index < -0.39 is 0 Å². The summed E-state index contributed by atoms with van der Waals surface area (Å²) in [4.78, 5) is 8.32. The van der Waals surface area contributed by atoms with Gasteiger partial charge in [0.05, 0.1) is 6.61 Å². The Morgan fingerprint density at radius 2 is 2.28 bits per heavy atom. The number of nitrogens with one attached hydrogen (secondary N) is 1. The summed E-state index contributed by atoms with van der Waals surface area (Å²) < 4.78 is 5.49. The Morgan fingerprint density at radius 1 is 1.39 bits per heavy atom. The zero-order valence-corrected chi connectivity index (χ0v) is 11.4. The molecule has 1 aromatic heterocycles. The number of hydrogen-bond acceptors (Lipinski definition) is 4. The number of hydrogen-bond donors (Lipinski definition) is 1. The van der Waals surface area contributed by atoms with E-state index in [2.05, 4.69) is 29.1 Å². The summed E-state index contributed by atoms with van der Waals surface area (Å²) in [5.41, 5.74) is 0. The van der Waals surface area contributed by atoms with E-state index in [0.717, 1.165) is 30.6 Å². The SMILES string of the molecule is CCCOc1cc(NCC2CCC(C)C2)ncn1. The van der Waals surface area contributed by atoms with Gasteiger partial charge in [0.1, 0.15) is 12.1 Å². The number of nitrogens with zero attached hydrogens (tertiary/aromatic N) is 2. The molecule has 2 unspecified atom stereocenters. The average Bonchev–Trinajstić information content (AvgIpc) is 2.80. The summed E-state index contributed by atoms with van der Waals surface area (Å²) in [5.74, 6) is 3.20. The Hall–Kier alpha value is -1.32. The third-order valence-electron chi connectivity index (χ3n) is 3.47. The number of aromatic nitrogens is 2. The van der Waals surface area contributed by atoms with E-state index in [1.807, 2.05) is 6.07 Å². The van der Waals surface area contributed by atoms with Gasteiger partial charge in [-0.25, -0.2) is 9.97 Å². The Balaban J connectivity index is 1.81. The minimum Gasteiger partial charge on any atom is -0.478 e. The summed E-state index contributed by atoms with van der Waals surface area (Å²) in [5, 5.41) is 3.39. The van der Waals surface area contributed by atoms with Gasteiger partial charge in [-0.1, -0.05) is 20.3 Å². The molecule has 2 atom stereocenters. The molecule has 0 radical (unpaired) electrons. The van der Waals surface area contributed by atoms with E-state index in [4.69, 9.17) is 4.74 Å². The van der Waals surface area contributed by atoms with Crippen LogP contribution in [-0.2, 0) is 0 Å². The number of anilines is 1. The highest BCUT2D eigenvalue weighted by atomic mass is 16.5. The highest BCUT2D eigenvalue weighted by Crippen LogP contribution is 2.30. The van der Waals surface area contributed by atoms with Crippen molar-refractivity contribution in [2.45, 2.75) is 39.5 Å². The first-order valence-electron chi connectivity index (χ1n) is 6.96. The molecule has 4 heteroatoms. The third kappa shape index (κ3) is 3.86. The first-order valence-corrected chi connectivity index (χ1v) is 6.96. The minimum absolute atomic E-state index is 0.661. The topological polar surface area (TPSA) is 47.0 Å². The molecule has 0 aromatic carbocycles. The molecular formula is C14H23N3O. The fourth-order valence-corrected chi connectivity index (χ4v) is 2.48.